The van der Waals surface area contributed by atoms with Crippen molar-refractivity contribution in [2.75, 3.05) is 12.4 Å². The Kier molecular flexibility index (Phi) is 4.33. The first-order valence-electron chi connectivity index (χ1n) is 7.28. The zero-order valence-electron chi connectivity index (χ0n) is 13.4. The molecule has 0 fully saturated rings. The number of pyridine rings is 1. The molecule has 0 saturated heterocycles. The minimum absolute atomic E-state index is 0.0870. The molecule has 0 aliphatic carbocycles. The summed E-state index contributed by atoms with van der Waals surface area (Å²) in [6.45, 7) is 1.71. The molecule has 128 valence electrons. The molecule has 0 bridgehead atoms. The van der Waals surface area contributed by atoms with Crippen LogP contribution in [0.2, 0.25) is 5.02 Å². The van der Waals surface area contributed by atoms with Crippen LogP contribution in [0.3, 0.4) is 0 Å². The molecule has 0 radical (unpaired) electrons. The fourth-order valence-electron chi connectivity index (χ4n) is 2.55. The van der Waals surface area contributed by atoms with E-state index < -0.39 is 11.9 Å². The number of carboxylic acids is 1. The number of aromatic nitrogens is 2. The Morgan fingerprint density at radius 1 is 1.32 bits per heavy atom. The summed E-state index contributed by atoms with van der Waals surface area (Å²) >= 11 is 5.84. The number of aromatic carboxylic acids is 1. The average molecular weight is 360 g/mol. The number of amides is 1. The van der Waals surface area contributed by atoms with E-state index in [0.717, 1.165) is 0 Å². The summed E-state index contributed by atoms with van der Waals surface area (Å²) in [6.07, 6.45) is 1.71. The Morgan fingerprint density at radius 2 is 2.08 bits per heavy atom. The van der Waals surface area contributed by atoms with Gasteiger partial charge in [0.1, 0.15) is 5.69 Å². The van der Waals surface area contributed by atoms with E-state index in [1.807, 2.05) is 0 Å². The summed E-state index contributed by atoms with van der Waals surface area (Å²) in [5.41, 5.74) is 1.62. The van der Waals surface area contributed by atoms with Gasteiger partial charge in [0.25, 0.3) is 5.91 Å². The zero-order valence-corrected chi connectivity index (χ0v) is 14.2. The lowest BCUT2D eigenvalue weighted by Crippen LogP contribution is -2.16. The molecule has 2 N–H and O–H groups in total. The van der Waals surface area contributed by atoms with Gasteiger partial charge >= 0.3 is 5.97 Å². The summed E-state index contributed by atoms with van der Waals surface area (Å²) in [7, 11) is 1.53. The van der Waals surface area contributed by atoms with Crippen molar-refractivity contribution in [2.45, 2.75) is 6.92 Å². The summed E-state index contributed by atoms with van der Waals surface area (Å²) in [6, 6.07) is 7.76. The highest BCUT2D eigenvalue weighted by Gasteiger charge is 2.19. The largest absolute Gasteiger partial charge is 0.493 e. The van der Waals surface area contributed by atoms with Crippen LogP contribution >= 0.6 is 11.6 Å². The first-order chi connectivity index (χ1) is 11.9. The van der Waals surface area contributed by atoms with E-state index in [-0.39, 0.29) is 10.6 Å². The Morgan fingerprint density at radius 3 is 2.76 bits per heavy atom. The molecule has 0 atom stereocenters. The highest BCUT2D eigenvalue weighted by molar-refractivity contribution is 6.33. The van der Waals surface area contributed by atoms with Crippen LogP contribution < -0.4 is 10.1 Å². The Bertz CT molecular complexity index is 997. The van der Waals surface area contributed by atoms with E-state index in [1.54, 1.807) is 29.7 Å². The van der Waals surface area contributed by atoms with Crippen molar-refractivity contribution < 1.29 is 19.4 Å². The molecule has 0 unspecified atom stereocenters. The standard InChI is InChI=1S/C17H14ClN3O4/c1-9-14(21-7-3-4-13(25-2)15(21)19-9)16(22)20-10-5-6-12(18)11(8-10)17(23)24/h3-8H,1-2H3,(H,20,22)(H,23,24). The first kappa shape index (κ1) is 16.8. The van der Waals surface area contributed by atoms with Gasteiger partial charge in [-0.2, -0.15) is 0 Å². The Hall–Kier alpha value is -3.06. The molecule has 8 heteroatoms. The number of rotatable bonds is 4. The monoisotopic (exact) mass is 359 g/mol. The lowest BCUT2D eigenvalue weighted by Gasteiger charge is -2.08. The van der Waals surface area contributed by atoms with Gasteiger partial charge in [-0.25, -0.2) is 9.78 Å². The van der Waals surface area contributed by atoms with Crippen molar-refractivity contribution in [1.82, 2.24) is 9.38 Å². The van der Waals surface area contributed by atoms with Crippen LogP contribution in [0.4, 0.5) is 5.69 Å². The average Bonchev–Trinajstić information content (AvgIpc) is 2.92. The van der Waals surface area contributed by atoms with Crippen molar-refractivity contribution in [2.24, 2.45) is 0 Å². The van der Waals surface area contributed by atoms with Gasteiger partial charge in [0.05, 0.1) is 23.4 Å². The van der Waals surface area contributed by atoms with Gasteiger partial charge in [-0.3, -0.25) is 9.20 Å². The van der Waals surface area contributed by atoms with Gasteiger partial charge in [-0.15, -0.1) is 0 Å². The van der Waals surface area contributed by atoms with Gasteiger partial charge in [-0.1, -0.05) is 11.6 Å². The highest BCUT2D eigenvalue weighted by Crippen LogP contribution is 2.24. The molecule has 0 saturated carbocycles. The van der Waals surface area contributed by atoms with Crippen molar-refractivity contribution >= 4 is 34.8 Å². The predicted molar refractivity (Wildman–Crippen MR) is 92.8 cm³/mol. The number of ether oxygens (including phenoxy) is 1. The van der Waals surface area contributed by atoms with Gasteiger partial charge in [-0.05, 0) is 37.3 Å². The molecule has 0 aliphatic rings. The Balaban J connectivity index is 2.00. The molecule has 2 aromatic heterocycles. The maximum absolute atomic E-state index is 12.7. The Labute approximate surface area is 147 Å². The first-order valence-corrected chi connectivity index (χ1v) is 7.66. The van der Waals surface area contributed by atoms with E-state index >= 15 is 0 Å². The number of imidazole rings is 1. The number of anilines is 1. The van der Waals surface area contributed by atoms with Crippen LogP contribution in [0.25, 0.3) is 5.65 Å². The normalized spacial score (nSPS) is 10.7. The maximum atomic E-state index is 12.7. The van der Waals surface area contributed by atoms with Crippen LogP contribution in [0, 0.1) is 6.92 Å². The lowest BCUT2D eigenvalue weighted by molar-refractivity contribution is 0.0696. The number of methoxy groups -OCH3 is 1. The second-order valence-electron chi connectivity index (χ2n) is 5.27. The SMILES string of the molecule is COc1cccn2c(C(=O)Nc3ccc(Cl)c(C(=O)O)c3)c(C)nc12. The number of nitrogens with one attached hydrogen (secondary N) is 1. The second-order valence-corrected chi connectivity index (χ2v) is 5.68. The number of carbonyl (C=O) groups is 2. The van der Waals surface area contributed by atoms with Crippen LogP contribution in [-0.4, -0.2) is 33.5 Å². The van der Waals surface area contributed by atoms with Crippen molar-refractivity contribution in [3.8, 4) is 5.75 Å². The molecule has 3 rings (SSSR count). The van der Waals surface area contributed by atoms with E-state index in [4.69, 9.17) is 21.4 Å². The van der Waals surface area contributed by atoms with E-state index in [9.17, 15) is 9.59 Å². The summed E-state index contributed by atoms with van der Waals surface area (Å²) in [4.78, 5) is 28.2. The van der Waals surface area contributed by atoms with Crippen LogP contribution in [0.5, 0.6) is 5.75 Å². The molecule has 0 aliphatic heterocycles. The van der Waals surface area contributed by atoms with Crippen molar-refractivity contribution in [3.05, 3.63) is 58.5 Å². The van der Waals surface area contributed by atoms with E-state index in [0.29, 0.717) is 28.5 Å². The van der Waals surface area contributed by atoms with Gasteiger partial charge < -0.3 is 15.2 Å². The maximum Gasteiger partial charge on any atom is 0.337 e. The highest BCUT2D eigenvalue weighted by atomic mass is 35.5. The molecular formula is C17H14ClN3O4. The number of hydrogen-bond acceptors (Lipinski definition) is 4. The third-order valence-corrected chi connectivity index (χ3v) is 4.01. The minimum atomic E-state index is -1.17. The second kappa shape index (κ2) is 6.45. The van der Waals surface area contributed by atoms with Gasteiger partial charge in [0.15, 0.2) is 11.4 Å². The number of fused-ring (bicyclic) bond motifs is 1. The number of hydrogen-bond donors (Lipinski definition) is 2. The molecule has 1 amide bonds. The number of benzene rings is 1. The van der Waals surface area contributed by atoms with E-state index in [2.05, 4.69) is 10.3 Å². The topological polar surface area (TPSA) is 92.9 Å². The fourth-order valence-corrected chi connectivity index (χ4v) is 2.74. The minimum Gasteiger partial charge on any atom is -0.493 e. The van der Waals surface area contributed by atoms with Crippen LogP contribution in [0.1, 0.15) is 26.5 Å². The van der Waals surface area contributed by atoms with Gasteiger partial charge in [0, 0.05) is 11.9 Å². The zero-order chi connectivity index (χ0) is 18.1. The lowest BCUT2D eigenvalue weighted by atomic mass is 10.2. The van der Waals surface area contributed by atoms with Crippen molar-refractivity contribution in [1.29, 1.82) is 0 Å². The summed E-state index contributed by atoms with van der Waals surface area (Å²) in [5, 5.41) is 11.9. The van der Waals surface area contributed by atoms with Crippen LogP contribution in [-0.2, 0) is 0 Å². The molecule has 25 heavy (non-hydrogen) atoms. The molecule has 3 aromatic rings. The third-order valence-electron chi connectivity index (χ3n) is 3.68. The third kappa shape index (κ3) is 3.01. The number of nitrogens with zero attached hydrogens (tertiary/aromatic N) is 2. The fraction of sp³-hybridized carbons (Fsp3) is 0.118. The van der Waals surface area contributed by atoms with Gasteiger partial charge in [0.2, 0.25) is 0 Å². The van der Waals surface area contributed by atoms with Crippen LogP contribution in [0.15, 0.2) is 36.5 Å². The molecule has 7 nitrogen and oxygen atoms in total. The smallest absolute Gasteiger partial charge is 0.337 e. The quantitative estimate of drug-likeness (QED) is 0.745. The molecular weight excluding hydrogens is 346 g/mol. The van der Waals surface area contributed by atoms with E-state index in [1.165, 1.54) is 25.3 Å². The molecule has 2 heterocycles. The number of carbonyl (C=O) groups excluding carboxylic acids is 1. The number of halogens is 1. The summed E-state index contributed by atoms with van der Waals surface area (Å²) < 4.78 is 6.88. The molecule has 1 aromatic carbocycles. The molecule has 0 spiro atoms. The predicted octanol–water partition coefficient (Wildman–Crippen LogP) is 3.26. The number of carboxylic acid groups (broad SMARTS) is 1. The van der Waals surface area contributed by atoms with Crippen molar-refractivity contribution in [3.63, 3.8) is 0 Å². The summed E-state index contributed by atoms with van der Waals surface area (Å²) in [5.74, 6) is -1.04. The number of aryl methyl sites for hydroxylation is 1.